The molecule has 1 aliphatic rings. The lowest BCUT2D eigenvalue weighted by atomic mass is 9.93. The molecule has 1 heterocycles. The summed E-state index contributed by atoms with van der Waals surface area (Å²) in [5.41, 5.74) is 7.93. The summed E-state index contributed by atoms with van der Waals surface area (Å²) in [6.07, 6.45) is 14.8. The molecule has 0 bridgehead atoms. The SMILES string of the molecule is C=C/C=C1\C(=C/C)CCc2ccccc2CN1C(=C)CCCCC(=C)C.CCC#CCC. The summed E-state index contributed by atoms with van der Waals surface area (Å²) < 4.78 is 0. The van der Waals surface area contributed by atoms with Gasteiger partial charge in [-0.15, -0.1) is 18.4 Å². The summed E-state index contributed by atoms with van der Waals surface area (Å²) in [4.78, 5) is 2.40. The molecule has 1 aliphatic heterocycles. The van der Waals surface area contributed by atoms with E-state index in [9.17, 15) is 0 Å². The molecule has 172 valence electrons. The van der Waals surface area contributed by atoms with Gasteiger partial charge in [0.15, 0.2) is 0 Å². The lowest BCUT2D eigenvalue weighted by molar-refractivity contribution is 0.398. The maximum atomic E-state index is 4.44. The minimum Gasteiger partial charge on any atom is -0.341 e. The number of allylic oxidation sites excluding steroid dienone is 6. The van der Waals surface area contributed by atoms with Crippen LogP contribution >= 0.6 is 0 Å². The minimum absolute atomic E-state index is 0.881. The van der Waals surface area contributed by atoms with Crippen molar-refractivity contribution in [3.63, 3.8) is 0 Å². The molecular weight excluding hydrogens is 386 g/mol. The molecule has 2 rings (SSSR count). The van der Waals surface area contributed by atoms with E-state index in [2.05, 4.69) is 101 Å². The van der Waals surface area contributed by atoms with Gasteiger partial charge in [-0.1, -0.05) is 69.0 Å². The van der Waals surface area contributed by atoms with Crippen molar-refractivity contribution in [2.24, 2.45) is 0 Å². The van der Waals surface area contributed by atoms with Crippen molar-refractivity contribution in [1.29, 1.82) is 0 Å². The van der Waals surface area contributed by atoms with Crippen molar-refractivity contribution in [2.45, 2.75) is 85.6 Å². The first-order valence-electron chi connectivity index (χ1n) is 12.1. The summed E-state index contributed by atoms with van der Waals surface area (Å²) in [5.74, 6) is 5.90. The highest BCUT2D eigenvalue weighted by molar-refractivity contribution is 5.40. The van der Waals surface area contributed by atoms with Gasteiger partial charge in [0.2, 0.25) is 0 Å². The Morgan fingerprint density at radius 2 is 1.62 bits per heavy atom. The molecule has 1 aromatic rings. The second-order valence-electron chi connectivity index (χ2n) is 8.25. The molecular formula is C31H43N. The topological polar surface area (TPSA) is 3.24 Å². The van der Waals surface area contributed by atoms with Crippen LogP contribution in [0.5, 0.6) is 0 Å². The Morgan fingerprint density at radius 3 is 2.19 bits per heavy atom. The van der Waals surface area contributed by atoms with Gasteiger partial charge in [-0.2, -0.15) is 0 Å². The van der Waals surface area contributed by atoms with Crippen LogP contribution in [-0.2, 0) is 13.0 Å². The van der Waals surface area contributed by atoms with Crippen molar-refractivity contribution in [2.75, 3.05) is 0 Å². The number of rotatable bonds is 7. The molecule has 0 fully saturated rings. The van der Waals surface area contributed by atoms with Crippen molar-refractivity contribution < 1.29 is 0 Å². The number of unbranched alkanes of at least 4 members (excludes halogenated alkanes) is 1. The van der Waals surface area contributed by atoms with E-state index in [4.69, 9.17) is 0 Å². The normalized spacial score (nSPS) is 15.4. The van der Waals surface area contributed by atoms with Gasteiger partial charge in [0.05, 0.1) is 0 Å². The van der Waals surface area contributed by atoms with Crippen LogP contribution in [-0.4, -0.2) is 4.90 Å². The van der Waals surface area contributed by atoms with Crippen molar-refractivity contribution in [3.05, 3.63) is 95.9 Å². The molecule has 0 amide bonds. The van der Waals surface area contributed by atoms with Gasteiger partial charge in [-0.05, 0) is 75.1 Å². The van der Waals surface area contributed by atoms with Gasteiger partial charge in [-0.3, -0.25) is 0 Å². The minimum atomic E-state index is 0.881. The van der Waals surface area contributed by atoms with Gasteiger partial charge >= 0.3 is 0 Å². The molecule has 0 atom stereocenters. The highest BCUT2D eigenvalue weighted by atomic mass is 15.1. The standard InChI is InChI=1S/C25H33N.C6H10/c1-6-12-25-22(7-2)17-18-23-15-10-11-16-24(23)19-26(25)21(5)14-9-8-13-20(3)4;1-3-5-6-4-2/h6-7,10-12,15-16H,1,3,5,8-9,13-14,17-19H2,2,4H3;3-4H2,1-2H3/b22-7-,25-12+;. The zero-order chi connectivity index (χ0) is 23.8. The summed E-state index contributed by atoms with van der Waals surface area (Å²) in [5, 5.41) is 0. The Bertz CT molecular complexity index is 861. The lowest BCUT2D eigenvalue weighted by Gasteiger charge is -2.34. The van der Waals surface area contributed by atoms with Crippen LogP contribution in [0.25, 0.3) is 0 Å². The van der Waals surface area contributed by atoms with Crippen molar-refractivity contribution in [1.82, 2.24) is 4.90 Å². The second kappa shape index (κ2) is 16.0. The van der Waals surface area contributed by atoms with Gasteiger partial charge in [0.25, 0.3) is 0 Å². The zero-order valence-electron chi connectivity index (χ0n) is 21.0. The number of hydrogen-bond acceptors (Lipinski definition) is 1. The summed E-state index contributed by atoms with van der Waals surface area (Å²) >= 11 is 0. The first kappa shape index (κ1) is 27.3. The number of fused-ring (bicyclic) bond motifs is 1. The van der Waals surface area contributed by atoms with Crippen molar-refractivity contribution in [3.8, 4) is 11.8 Å². The molecule has 32 heavy (non-hydrogen) atoms. The molecule has 1 aromatic carbocycles. The maximum absolute atomic E-state index is 4.44. The molecule has 0 N–H and O–H groups in total. The van der Waals surface area contributed by atoms with E-state index < -0.39 is 0 Å². The van der Waals surface area contributed by atoms with Gasteiger partial charge < -0.3 is 4.90 Å². The Kier molecular flexibility index (Phi) is 13.6. The fraction of sp³-hybridized carbons (Fsp3) is 0.419. The zero-order valence-corrected chi connectivity index (χ0v) is 21.0. The average Bonchev–Trinajstić information content (AvgIpc) is 2.78. The fourth-order valence-electron chi connectivity index (χ4n) is 3.81. The van der Waals surface area contributed by atoms with E-state index in [-0.39, 0.29) is 0 Å². The molecule has 1 nitrogen and oxygen atoms in total. The molecule has 0 aliphatic carbocycles. The van der Waals surface area contributed by atoms with E-state index in [1.165, 1.54) is 40.1 Å². The summed E-state index contributed by atoms with van der Waals surface area (Å²) in [6.45, 7) is 21.6. The number of hydrogen-bond donors (Lipinski definition) is 0. The van der Waals surface area contributed by atoms with E-state index in [0.29, 0.717) is 0 Å². The van der Waals surface area contributed by atoms with Crippen LogP contribution in [0.15, 0.2) is 84.8 Å². The van der Waals surface area contributed by atoms with E-state index in [1.54, 1.807) is 0 Å². The van der Waals surface area contributed by atoms with E-state index in [0.717, 1.165) is 51.5 Å². The van der Waals surface area contributed by atoms with Crippen LogP contribution in [0.1, 0.15) is 83.8 Å². The monoisotopic (exact) mass is 429 g/mol. The first-order valence-corrected chi connectivity index (χ1v) is 12.1. The largest absolute Gasteiger partial charge is 0.341 e. The first-order chi connectivity index (χ1) is 15.5. The number of benzene rings is 1. The molecule has 0 spiro atoms. The highest BCUT2D eigenvalue weighted by Gasteiger charge is 2.20. The Hall–Kier alpha value is -2.72. The highest BCUT2D eigenvalue weighted by Crippen LogP contribution is 2.32. The molecule has 0 unspecified atom stereocenters. The summed E-state index contributed by atoms with van der Waals surface area (Å²) in [6, 6.07) is 8.80. The second-order valence-corrected chi connectivity index (χ2v) is 8.25. The maximum Gasteiger partial charge on any atom is 0.0481 e. The Morgan fingerprint density at radius 1 is 1.00 bits per heavy atom. The third-order valence-corrected chi connectivity index (χ3v) is 5.53. The fourth-order valence-corrected chi connectivity index (χ4v) is 3.81. The summed E-state index contributed by atoms with van der Waals surface area (Å²) in [7, 11) is 0. The molecule has 0 saturated carbocycles. The van der Waals surface area contributed by atoms with E-state index in [1.807, 2.05) is 6.08 Å². The molecule has 0 saturated heterocycles. The van der Waals surface area contributed by atoms with Crippen LogP contribution in [0.4, 0.5) is 0 Å². The predicted molar refractivity (Wildman–Crippen MR) is 143 cm³/mol. The van der Waals surface area contributed by atoms with Gasteiger partial charge in [-0.25, -0.2) is 0 Å². The van der Waals surface area contributed by atoms with Crippen LogP contribution in [0.3, 0.4) is 0 Å². The average molecular weight is 430 g/mol. The third-order valence-electron chi connectivity index (χ3n) is 5.53. The lowest BCUT2D eigenvalue weighted by Crippen LogP contribution is -2.25. The van der Waals surface area contributed by atoms with Gasteiger partial charge in [0, 0.05) is 30.8 Å². The molecule has 1 heteroatoms. The molecule has 0 aromatic heterocycles. The number of aryl methyl sites for hydroxylation is 1. The van der Waals surface area contributed by atoms with Gasteiger partial charge in [0.1, 0.15) is 0 Å². The Balaban J connectivity index is 0.000000751. The van der Waals surface area contributed by atoms with Crippen molar-refractivity contribution >= 4 is 0 Å². The number of nitrogens with zero attached hydrogens (tertiary/aromatic N) is 1. The van der Waals surface area contributed by atoms with E-state index >= 15 is 0 Å². The molecule has 0 radical (unpaired) electrons. The van der Waals surface area contributed by atoms with Crippen LogP contribution in [0.2, 0.25) is 0 Å². The quantitative estimate of drug-likeness (QED) is 0.237. The van der Waals surface area contributed by atoms with Crippen LogP contribution < -0.4 is 0 Å². The van der Waals surface area contributed by atoms with Crippen LogP contribution in [0, 0.1) is 11.8 Å². The third kappa shape index (κ3) is 9.61. The Labute approximate surface area is 198 Å². The predicted octanol–water partition coefficient (Wildman–Crippen LogP) is 8.91. The smallest absolute Gasteiger partial charge is 0.0481 e.